The van der Waals surface area contributed by atoms with E-state index < -0.39 is 11.0 Å². The van der Waals surface area contributed by atoms with Gasteiger partial charge in [-0.25, -0.2) is 8.42 Å². The highest BCUT2D eigenvalue weighted by molar-refractivity contribution is 7.67. The normalized spacial score (nSPS) is 9.12. The van der Waals surface area contributed by atoms with E-state index in [0.717, 1.165) is 0 Å². The Bertz CT molecular complexity index is 122. The summed E-state index contributed by atoms with van der Waals surface area (Å²) in [6, 6.07) is 0. The molecule has 1 N–H and O–H groups in total. The predicted molar refractivity (Wildman–Crippen MR) is 29.6 cm³/mol. The van der Waals surface area contributed by atoms with Crippen molar-refractivity contribution in [3.05, 3.63) is 12.8 Å². The Morgan fingerprint density at radius 2 is 2.38 bits per heavy atom. The molecular weight excluding hydrogens is 130 g/mol. The topological polar surface area (TPSA) is 55.4 Å². The van der Waals surface area contributed by atoms with Crippen LogP contribution in [-0.2, 0) is 15.2 Å². The smallest absolute Gasteiger partial charge is 0.258 e. The van der Waals surface area contributed by atoms with Crippen molar-refractivity contribution in [2.24, 2.45) is 0 Å². The molecule has 0 unspecified atom stereocenters. The van der Waals surface area contributed by atoms with Crippen molar-refractivity contribution >= 4 is 11.0 Å². The summed E-state index contributed by atoms with van der Waals surface area (Å²) in [7, 11) is -2.72. The summed E-state index contributed by atoms with van der Waals surface area (Å²) < 4.78 is 23.3. The van der Waals surface area contributed by atoms with E-state index >= 15 is 0 Å². The Labute approximate surface area is 49.3 Å². The first-order chi connectivity index (χ1) is 3.77. The van der Waals surface area contributed by atoms with Gasteiger partial charge < -0.3 is 5.32 Å². The molecule has 0 spiro atoms. The average molecular weight is 137 g/mol. The fraction of sp³-hybridized carbons (Fsp3) is 0.333. The molecule has 0 aromatic rings. The van der Waals surface area contributed by atoms with Crippen molar-refractivity contribution in [3.63, 3.8) is 0 Å². The van der Waals surface area contributed by atoms with Gasteiger partial charge in [0.15, 0.2) is 0 Å². The molecule has 0 amide bonds. The summed E-state index contributed by atoms with van der Waals surface area (Å²) >= 11 is 0. The third-order valence-electron chi connectivity index (χ3n) is 0.398. The van der Waals surface area contributed by atoms with Crippen molar-refractivity contribution in [1.82, 2.24) is 5.32 Å². The zero-order chi connectivity index (χ0) is 6.41. The molecule has 0 aliphatic rings. The summed E-state index contributed by atoms with van der Waals surface area (Å²) in [5.74, 6) is 0. The van der Waals surface area contributed by atoms with E-state index in [4.69, 9.17) is 0 Å². The number of rotatable bonds is 4. The predicted octanol–water partition coefficient (Wildman–Crippen LogP) is -0.780. The van der Waals surface area contributed by atoms with E-state index in [1.807, 2.05) is 0 Å². The molecule has 48 valence electrons. The summed E-state index contributed by atoms with van der Waals surface area (Å²) in [5, 5.41) is 2.44. The van der Waals surface area contributed by atoms with Gasteiger partial charge in [0.1, 0.15) is 6.73 Å². The maximum absolute atomic E-state index is 9.61. The lowest BCUT2D eigenvalue weighted by atomic mass is 11.0. The van der Waals surface area contributed by atoms with Crippen molar-refractivity contribution in [3.8, 4) is 0 Å². The third-order valence-corrected chi connectivity index (χ3v) is 0.738. The Morgan fingerprint density at radius 1 is 1.75 bits per heavy atom. The van der Waals surface area contributed by atoms with E-state index in [1.54, 1.807) is 0 Å². The minimum Gasteiger partial charge on any atom is -0.368 e. The molecule has 0 heterocycles. The van der Waals surface area contributed by atoms with Gasteiger partial charge in [-0.2, -0.15) is 0 Å². The summed E-state index contributed by atoms with van der Waals surface area (Å²) in [6.07, 6.45) is 1.35. The maximum Gasteiger partial charge on any atom is 0.258 e. The van der Waals surface area contributed by atoms with Gasteiger partial charge in [0.05, 0.1) is 0 Å². The maximum atomic E-state index is 9.61. The summed E-state index contributed by atoms with van der Waals surface area (Å²) in [6.45, 7) is 3.23. The second kappa shape index (κ2) is 4.61. The average Bonchev–Trinajstić information content (AvgIpc) is 1.66. The van der Waals surface area contributed by atoms with Gasteiger partial charge in [0.25, 0.3) is 11.0 Å². The number of thiol groups is 1. The standard InChI is InChI=1S/C3H7NO3S/c1-2-4-3-7-8(5)6/h2,4,8H,1,3H2. The Balaban J connectivity index is 3.05. The first kappa shape index (κ1) is 7.45. The van der Waals surface area contributed by atoms with Gasteiger partial charge in [-0.3, -0.25) is 4.18 Å². The minimum atomic E-state index is -2.72. The van der Waals surface area contributed by atoms with Crippen LogP contribution in [0.1, 0.15) is 0 Å². The van der Waals surface area contributed by atoms with E-state index in [9.17, 15) is 8.42 Å². The van der Waals surface area contributed by atoms with Crippen molar-refractivity contribution < 1.29 is 12.6 Å². The van der Waals surface area contributed by atoms with Crippen LogP contribution in [0.3, 0.4) is 0 Å². The highest BCUT2D eigenvalue weighted by atomic mass is 32.2. The van der Waals surface area contributed by atoms with Crippen molar-refractivity contribution in [1.29, 1.82) is 0 Å². The lowest BCUT2D eigenvalue weighted by Crippen LogP contribution is -2.08. The van der Waals surface area contributed by atoms with E-state index in [2.05, 4.69) is 16.1 Å². The molecule has 4 nitrogen and oxygen atoms in total. The molecule has 0 aromatic carbocycles. The highest BCUT2D eigenvalue weighted by Crippen LogP contribution is 1.65. The minimum absolute atomic E-state index is 0.0395. The van der Waals surface area contributed by atoms with Crippen LogP contribution in [0.2, 0.25) is 0 Å². The molecule has 0 saturated heterocycles. The summed E-state index contributed by atoms with van der Waals surface area (Å²) in [5.41, 5.74) is 0. The molecule has 0 rings (SSSR count). The molecule has 0 saturated carbocycles. The van der Waals surface area contributed by atoms with E-state index in [-0.39, 0.29) is 6.73 Å². The molecule has 0 bridgehead atoms. The van der Waals surface area contributed by atoms with Crippen molar-refractivity contribution in [2.75, 3.05) is 6.73 Å². The molecule has 0 fully saturated rings. The van der Waals surface area contributed by atoms with Crippen LogP contribution in [0.25, 0.3) is 0 Å². The highest BCUT2D eigenvalue weighted by Gasteiger charge is 1.78. The Hall–Kier alpha value is -0.550. The van der Waals surface area contributed by atoms with Gasteiger partial charge in [0.2, 0.25) is 0 Å². The lowest BCUT2D eigenvalue weighted by Gasteiger charge is -1.91. The zero-order valence-corrected chi connectivity index (χ0v) is 5.06. The fourth-order valence-electron chi connectivity index (χ4n) is 0.149. The molecule has 0 radical (unpaired) electrons. The van der Waals surface area contributed by atoms with Gasteiger partial charge >= 0.3 is 0 Å². The Kier molecular flexibility index (Phi) is 4.29. The molecule has 0 aliphatic heterocycles. The Morgan fingerprint density at radius 3 is 2.75 bits per heavy atom. The molecule has 8 heavy (non-hydrogen) atoms. The SMILES string of the molecule is C=CNCO[SH](=O)=O. The summed E-state index contributed by atoms with van der Waals surface area (Å²) in [4.78, 5) is 0. The van der Waals surface area contributed by atoms with Gasteiger partial charge in [-0.1, -0.05) is 6.58 Å². The molecule has 0 aromatic heterocycles. The second-order valence-electron chi connectivity index (χ2n) is 0.905. The van der Waals surface area contributed by atoms with Gasteiger partial charge in [-0.05, 0) is 6.20 Å². The molecule has 0 aliphatic carbocycles. The van der Waals surface area contributed by atoms with Gasteiger partial charge in [-0.15, -0.1) is 0 Å². The van der Waals surface area contributed by atoms with Crippen LogP contribution >= 0.6 is 0 Å². The molecule has 0 atom stereocenters. The van der Waals surface area contributed by atoms with E-state index in [0.29, 0.717) is 0 Å². The monoisotopic (exact) mass is 137 g/mol. The van der Waals surface area contributed by atoms with Gasteiger partial charge in [0, 0.05) is 0 Å². The second-order valence-corrected chi connectivity index (χ2v) is 1.61. The zero-order valence-electron chi connectivity index (χ0n) is 4.16. The van der Waals surface area contributed by atoms with Crippen LogP contribution < -0.4 is 5.32 Å². The lowest BCUT2D eigenvalue weighted by molar-refractivity contribution is 0.319. The van der Waals surface area contributed by atoms with E-state index in [1.165, 1.54) is 6.20 Å². The molecule has 5 heteroatoms. The third kappa shape index (κ3) is 5.45. The largest absolute Gasteiger partial charge is 0.368 e. The number of nitrogens with one attached hydrogen (secondary N) is 1. The van der Waals surface area contributed by atoms with Crippen LogP contribution in [-0.4, -0.2) is 15.1 Å². The number of hydrogen-bond donors (Lipinski definition) is 2. The first-order valence-electron chi connectivity index (χ1n) is 1.89. The van der Waals surface area contributed by atoms with Crippen LogP contribution in [0.4, 0.5) is 0 Å². The number of hydrogen-bond acceptors (Lipinski definition) is 4. The quantitative estimate of drug-likeness (QED) is 0.303. The van der Waals surface area contributed by atoms with Crippen LogP contribution in [0.5, 0.6) is 0 Å². The fourth-order valence-corrected chi connectivity index (χ4v) is 0.329. The first-order valence-corrected chi connectivity index (χ1v) is 2.98. The molecular formula is C3H7NO3S. The van der Waals surface area contributed by atoms with Crippen molar-refractivity contribution in [2.45, 2.75) is 0 Å². The van der Waals surface area contributed by atoms with Crippen LogP contribution in [0.15, 0.2) is 12.8 Å². The van der Waals surface area contributed by atoms with Crippen LogP contribution in [0, 0.1) is 0 Å².